The number of aliphatic hydroxyl groups excluding tert-OH is 1. The number of aromatic nitrogens is 2. The van der Waals surface area contributed by atoms with Gasteiger partial charge in [-0.1, -0.05) is 28.1 Å². The largest absolute Gasteiger partial charge is 0.396 e. The van der Waals surface area contributed by atoms with Gasteiger partial charge in [-0.15, -0.1) is 0 Å². The quantitative estimate of drug-likeness (QED) is 0.401. The lowest BCUT2D eigenvalue weighted by Gasteiger charge is -2.27. The third-order valence-electron chi connectivity index (χ3n) is 5.03. The molecule has 8 heteroatoms. The molecule has 1 aliphatic rings. The van der Waals surface area contributed by atoms with E-state index < -0.39 is 0 Å². The molecule has 0 atom stereocenters. The maximum Gasteiger partial charge on any atom is 0.225 e. The maximum atomic E-state index is 9.33. The van der Waals surface area contributed by atoms with Gasteiger partial charge in [0.1, 0.15) is 5.69 Å². The highest BCUT2D eigenvalue weighted by molar-refractivity contribution is 9.10. The summed E-state index contributed by atoms with van der Waals surface area (Å²) in [6.45, 7) is 1.68. The summed E-state index contributed by atoms with van der Waals surface area (Å²) in [4.78, 5) is 8.73. The summed E-state index contributed by atoms with van der Waals surface area (Å²) in [6, 6.07) is 8.04. The summed E-state index contributed by atoms with van der Waals surface area (Å²) in [5, 5.41) is 25.1. The Balaban J connectivity index is 1.58. The van der Waals surface area contributed by atoms with Crippen molar-refractivity contribution in [3.8, 4) is 0 Å². The zero-order valence-corrected chi connectivity index (χ0v) is 16.7. The number of rotatable bonds is 8. The van der Waals surface area contributed by atoms with Gasteiger partial charge < -0.3 is 15.7 Å². The van der Waals surface area contributed by atoms with E-state index in [0.29, 0.717) is 35.8 Å². The van der Waals surface area contributed by atoms with Gasteiger partial charge in [-0.05, 0) is 55.2 Å². The number of halogens is 1. The van der Waals surface area contributed by atoms with Crippen molar-refractivity contribution in [1.82, 2.24) is 9.97 Å². The lowest BCUT2D eigenvalue weighted by molar-refractivity contribution is 0.170. The Bertz CT molecular complexity index is 738. The second kappa shape index (κ2) is 9.87. The minimum absolute atomic E-state index is 0.289. The number of anilines is 3. The van der Waals surface area contributed by atoms with E-state index in [2.05, 4.69) is 42.0 Å². The molecule has 0 aliphatic heterocycles. The van der Waals surface area contributed by atoms with Crippen LogP contribution < -0.4 is 16.1 Å². The van der Waals surface area contributed by atoms with Crippen molar-refractivity contribution in [2.45, 2.75) is 32.2 Å². The molecule has 2 aromatic rings. The molecule has 1 aliphatic carbocycles. The lowest BCUT2D eigenvalue weighted by Crippen LogP contribution is -2.23. The van der Waals surface area contributed by atoms with E-state index in [1.165, 1.54) is 0 Å². The maximum absolute atomic E-state index is 9.33. The summed E-state index contributed by atoms with van der Waals surface area (Å²) in [5.74, 6) is 2.07. The minimum atomic E-state index is 0.289. The summed E-state index contributed by atoms with van der Waals surface area (Å²) >= 11 is 3.47. The van der Waals surface area contributed by atoms with E-state index in [9.17, 15) is 10.3 Å². The third kappa shape index (κ3) is 5.79. The van der Waals surface area contributed by atoms with Crippen LogP contribution in [-0.4, -0.2) is 33.4 Å². The van der Waals surface area contributed by atoms with E-state index >= 15 is 0 Å². The first-order valence-corrected chi connectivity index (χ1v) is 10.1. The fourth-order valence-corrected chi connectivity index (χ4v) is 3.82. The third-order valence-corrected chi connectivity index (χ3v) is 5.52. The Morgan fingerprint density at radius 1 is 1.11 bits per heavy atom. The fraction of sp³-hybridized carbons (Fsp3) is 0.474. The average Bonchev–Trinajstić information content (AvgIpc) is 2.71. The van der Waals surface area contributed by atoms with Crippen molar-refractivity contribution < 1.29 is 10.3 Å². The van der Waals surface area contributed by atoms with Crippen LogP contribution in [0.2, 0.25) is 0 Å². The van der Waals surface area contributed by atoms with Crippen molar-refractivity contribution >= 4 is 33.4 Å². The molecular formula is C19H26BrN5O2. The molecule has 0 amide bonds. The minimum Gasteiger partial charge on any atom is -0.396 e. The molecule has 146 valence electrons. The monoisotopic (exact) mass is 435 g/mol. The number of hydrogen-bond acceptors (Lipinski definition) is 7. The van der Waals surface area contributed by atoms with Gasteiger partial charge in [0, 0.05) is 24.2 Å². The van der Waals surface area contributed by atoms with Gasteiger partial charge in [0.05, 0.1) is 6.20 Å². The van der Waals surface area contributed by atoms with E-state index in [-0.39, 0.29) is 6.61 Å². The molecule has 0 saturated heterocycles. The Morgan fingerprint density at radius 3 is 2.59 bits per heavy atom. The van der Waals surface area contributed by atoms with Gasteiger partial charge in [-0.3, -0.25) is 10.7 Å². The number of hydrogen-bond donors (Lipinski definition) is 5. The molecule has 1 fully saturated rings. The first-order valence-electron chi connectivity index (χ1n) is 9.28. The number of nitrogens with one attached hydrogen (secondary N) is 3. The molecule has 7 nitrogen and oxygen atoms in total. The van der Waals surface area contributed by atoms with Crippen molar-refractivity contribution in [2.75, 3.05) is 29.3 Å². The predicted octanol–water partition coefficient (Wildman–Crippen LogP) is 3.86. The van der Waals surface area contributed by atoms with Crippen LogP contribution in [0.25, 0.3) is 0 Å². The summed E-state index contributed by atoms with van der Waals surface area (Å²) in [6.07, 6.45) is 5.88. The molecule has 5 N–H and O–H groups in total. The first-order chi connectivity index (χ1) is 13.2. The Hall–Kier alpha value is -1.90. The van der Waals surface area contributed by atoms with Gasteiger partial charge >= 0.3 is 0 Å². The van der Waals surface area contributed by atoms with Crippen LogP contribution in [0, 0.1) is 11.8 Å². The van der Waals surface area contributed by atoms with Gasteiger partial charge in [0.25, 0.3) is 0 Å². The molecule has 1 saturated carbocycles. The number of nitrogens with zero attached hydrogens (tertiary/aromatic N) is 2. The molecule has 1 aromatic carbocycles. The van der Waals surface area contributed by atoms with Gasteiger partial charge in [-0.2, -0.15) is 4.98 Å². The number of aliphatic hydroxyl groups is 1. The molecule has 27 heavy (non-hydrogen) atoms. The van der Waals surface area contributed by atoms with Crippen LogP contribution in [-0.2, 0) is 6.54 Å². The topological polar surface area (TPSA) is 102 Å². The highest BCUT2D eigenvalue weighted by Crippen LogP contribution is 2.29. The highest BCUT2D eigenvalue weighted by Gasteiger charge is 2.21. The smallest absolute Gasteiger partial charge is 0.225 e. The SMILES string of the molecule is OCC1CCC(CNc2nc(NCc3cccc(Br)c3)ncc2NO)CC1. The molecule has 0 radical (unpaired) electrons. The standard InChI is InChI=1S/C19H26BrN5O2/c20-16-3-1-2-15(8-16)10-22-19-23-11-17(25-27)18(24-19)21-9-13-4-6-14(12-26)7-5-13/h1-3,8,11,13-14,25-27H,4-7,9-10,12H2,(H2,21,22,23,24). The summed E-state index contributed by atoms with van der Waals surface area (Å²) < 4.78 is 1.03. The van der Waals surface area contributed by atoms with Crippen molar-refractivity contribution in [2.24, 2.45) is 11.8 Å². The molecule has 1 heterocycles. The van der Waals surface area contributed by atoms with Crippen LogP contribution in [0.1, 0.15) is 31.2 Å². The van der Waals surface area contributed by atoms with Gasteiger partial charge in [-0.25, -0.2) is 4.98 Å². The molecule has 0 bridgehead atoms. The Morgan fingerprint density at radius 2 is 1.89 bits per heavy atom. The molecular weight excluding hydrogens is 410 g/mol. The van der Waals surface area contributed by atoms with Crippen molar-refractivity contribution in [3.63, 3.8) is 0 Å². The molecule has 0 spiro atoms. The summed E-state index contributed by atoms with van der Waals surface area (Å²) in [5.41, 5.74) is 3.72. The van der Waals surface area contributed by atoms with Crippen LogP contribution in [0.15, 0.2) is 34.9 Å². The normalized spacial score (nSPS) is 19.5. The zero-order chi connectivity index (χ0) is 19.1. The molecule has 1 aromatic heterocycles. The molecule has 0 unspecified atom stereocenters. The zero-order valence-electron chi connectivity index (χ0n) is 15.2. The second-order valence-electron chi connectivity index (χ2n) is 7.00. The molecule has 3 rings (SSSR count). The summed E-state index contributed by atoms with van der Waals surface area (Å²) in [7, 11) is 0. The van der Waals surface area contributed by atoms with Crippen molar-refractivity contribution in [3.05, 3.63) is 40.5 Å². The van der Waals surface area contributed by atoms with Crippen LogP contribution in [0.3, 0.4) is 0 Å². The highest BCUT2D eigenvalue weighted by atomic mass is 79.9. The van der Waals surface area contributed by atoms with E-state index in [4.69, 9.17) is 0 Å². The van der Waals surface area contributed by atoms with Crippen LogP contribution in [0.5, 0.6) is 0 Å². The van der Waals surface area contributed by atoms with Gasteiger partial charge in [0.15, 0.2) is 5.82 Å². The Kier molecular flexibility index (Phi) is 7.25. The van der Waals surface area contributed by atoms with Crippen LogP contribution >= 0.6 is 15.9 Å². The second-order valence-corrected chi connectivity index (χ2v) is 7.92. The number of benzene rings is 1. The van der Waals surface area contributed by atoms with E-state index in [0.717, 1.165) is 42.3 Å². The lowest BCUT2D eigenvalue weighted by atomic mass is 9.82. The van der Waals surface area contributed by atoms with Crippen molar-refractivity contribution in [1.29, 1.82) is 0 Å². The predicted molar refractivity (Wildman–Crippen MR) is 110 cm³/mol. The van der Waals surface area contributed by atoms with Crippen LogP contribution in [0.4, 0.5) is 17.5 Å². The van der Waals surface area contributed by atoms with E-state index in [1.807, 2.05) is 24.3 Å². The average molecular weight is 436 g/mol. The first kappa shape index (κ1) is 19.9. The Labute approximate surface area is 167 Å². The van der Waals surface area contributed by atoms with Gasteiger partial charge in [0.2, 0.25) is 5.95 Å². The van der Waals surface area contributed by atoms with E-state index in [1.54, 1.807) is 6.20 Å². The fourth-order valence-electron chi connectivity index (χ4n) is 3.37.